The predicted octanol–water partition coefficient (Wildman–Crippen LogP) is 2.34. The highest BCUT2D eigenvalue weighted by Gasteiger charge is 2.85. The van der Waals surface area contributed by atoms with Crippen LogP contribution in [0.15, 0.2) is 12.2 Å². The first-order valence-electron chi connectivity index (χ1n) is 11.5. The maximum absolute atomic E-state index is 12.3. The van der Waals surface area contributed by atoms with E-state index in [0.29, 0.717) is 12.8 Å². The molecule has 0 amide bonds. The number of aliphatic hydroxyl groups excluding tert-OH is 1. The minimum absolute atomic E-state index is 0.0918. The fourth-order valence-corrected chi connectivity index (χ4v) is 8.67. The SMILES string of the molecule is C=C1[C@H]2CC[C@H]3[C@@]45COC(O)([C@@H](OC(C)=O)[C@@H]4C(C)(C)CC[C@H]5O)[C@]3(C2)[C@@H]1OC(C)=O. The van der Waals surface area contributed by atoms with Gasteiger partial charge in [-0.3, -0.25) is 9.59 Å². The maximum atomic E-state index is 12.3. The van der Waals surface area contributed by atoms with E-state index >= 15 is 0 Å². The van der Waals surface area contributed by atoms with Crippen LogP contribution in [0.25, 0.3) is 0 Å². The number of hydrogen-bond acceptors (Lipinski definition) is 7. The van der Waals surface area contributed by atoms with Crippen molar-refractivity contribution >= 4 is 11.9 Å². The molecule has 2 heterocycles. The zero-order chi connectivity index (χ0) is 22.6. The molecule has 6 fully saturated rings. The molecule has 0 aromatic rings. The van der Waals surface area contributed by atoms with Crippen LogP contribution < -0.4 is 0 Å². The second-order valence-corrected chi connectivity index (χ2v) is 11.3. The van der Waals surface area contributed by atoms with E-state index in [4.69, 9.17) is 14.2 Å². The Kier molecular flexibility index (Phi) is 4.37. The van der Waals surface area contributed by atoms with Gasteiger partial charge in [0.1, 0.15) is 6.10 Å². The zero-order valence-electron chi connectivity index (χ0n) is 18.8. The lowest BCUT2D eigenvalue weighted by Gasteiger charge is -2.75. The standard InChI is InChI=1S/C24H34O7/c1-12-15-6-7-16-22-11-29-24(28,23(16,10-15)19(12)30-13(2)25)20(31-14(3)26)18(22)21(4,5)9-8-17(22)27/h15-20,27-28H,1,6-11H2,2-5H3/t15-,16-,17+,18+,19+,20-,22+,23-,24?/m0/s1. The summed E-state index contributed by atoms with van der Waals surface area (Å²) in [5.74, 6) is -3.08. The van der Waals surface area contributed by atoms with Crippen LogP contribution in [0, 0.1) is 34.0 Å². The Bertz CT molecular complexity index is 851. The third-order valence-corrected chi connectivity index (χ3v) is 9.57. The van der Waals surface area contributed by atoms with Crippen molar-refractivity contribution < 1.29 is 34.0 Å². The summed E-state index contributed by atoms with van der Waals surface area (Å²) in [4.78, 5) is 24.3. The third-order valence-electron chi connectivity index (χ3n) is 9.57. The van der Waals surface area contributed by atoms with Crippen molar-refractivity contribution in [3.8, 4) is 0 Å². The van der Waals surface area contributed by atoms with Crippen molar-refractivity contribution in [1.82, 2.24) is 0 Å². The van der Waals surface area contributed by atoms with Crippen LogP contribution in [0.2, 0.25) is 0 Å². The topological polar surface area (TPSA) is 102 Å². The average Bonchev–Trinajstić information content (AvgIpc) is 2.87. The summed E-state index contributed by atoms with van der Waals surface area (Å²) in [5, 5.41) is 23.9. The molecule has 4 saturated carbocycles. The van der Waals surface area contributed by atoms with Crippen molar-refractivity contribution in [2.75, 3.05) is 6.61 Å². The molecule has 0 radical (unpaired) electrons. The van der Waals surface area contributed by atoms with Gasteiger partial charge in [0.05, 0.1) is 18.1 Å². The molecule has 6 rings (SSSR count). The van der Waals surface area contributed by atoms with Crippen LogP contribution in [0.5, 0.6) is 0 Å². The van der Waals surface area contributed by atoms with Gasteiger partial charge in [-0.2, -0.15) is 0 Å². The van der Waals surface area contributed by atoms with Crippen LogP contribution in [0.1, 0.15) is 59.8 Å². The molecule has 4 bridgehead atoms. The van der Waals surface area contributed by atoms with E-state index in [2.05, 4.69) is 20.4 Å². The quantitative estimate of drug-likeness (QED) is 0.508. The Morgan fingerprint density at radius 1 is 1.13 bits per heavy atom. The first kappa shape index (κ1) is 21.4. The largest absolute Gasteiger partial charge is 0.457 e. The Morgan fingerprint density at radius 2 is 1.81 bits per heavy atom. The lowest BCUT2D eigenvalue weighted by atomic mass is 9.36. The number of esters is 2. The van der Waals surface area contributed by atoms with Gasteiger partial charge in [0.15, 0.2) is 6.10 Å². The Hall–Kier alpha value is -1.44. The Morgan fingerprint density at radius 3 is 2.45 bits per heavy atom. The molecule has 0 aromatic carbocycles. The maximum Gasteiger partial charge on any atom is 0.303 e. The summed E-state index contributed by atoms with van der Waals surface area (Å²) in [6, 6.07) is 0. The highest BCUT2D eigenvalue weighted by Crippen LogP contribution is 2.78. The van der Waals surface area contributed by atoms with Gasteiger partial charge in [-0.05, 0) is 54.9 Å². The average molecular weight is 435 g/mol. The number of rotatable bonds is 2. The van der Waals surface area contributed by atoms with E-state index in [9.17, 15) is 19.8 Å². The van der Waals surface area contributed by atoms with Crippen LogP contribution in [0.3, 0.4) is 0 Å². The summed E-state index contributed by atoms with van der Waals surface area (Å²) in [7, 11) is 0. The first-order chi connectivity index (χ1) is 14.4. The van der Waals surface area contributed by atoms with E-state index < -0.39 is 46.9 Å². The Labute approximate surface area is 183 Å². The van der Waals surface area contributed by atoms with E-state index in [1.165, 1.54) is 13.8 Å². The van der Waals surface area contributed by atoms with Crippen molar-refractivity contribution in [2.24, 2.45) is 34.0 Å². The third kappa shape index (κ3) is 2.35. The second-order valence-electron chi connectivity index (χ2n) is 11.3. The number of hydrogen-bond donors (Lipinski definition) is 2. The molecule has 2 N–H and O–H groups in total. The molecule has 2 aliphatic heterocycles. The molecule has 6 aliphatic rings. The smallest absolute Gasteiger partial charge is 0.303 e. The van der Waals surface area contributed by atoms with E-state index in [1.54, 1.807) is 0 Å². The number of carbonyl (C=O) groups excluding carboxylic acids is 2. The van der Waals surface area contributed by atoms with Crippen molar-refractivity contribution in [1.29, 1.82) is 0 Å². The van der Waals surface area contributed by atoms with Gasteiger partial charge in [-0.15, -0.1) is 0 Å². The van der Waals surface area contributed by atoms with Crippen LogP contribution >= 0.6 is 0 Å². The summed E-state index contributed by atoms with van der Waals surface area (Å²) in [5.41, 5.74) is -1.17. The van der Waals surface area contributed by atoms with Crippen molar-refractivity contribution in [2.45, 2.75) is 83.9 Å². The fraction of sp³-hybridized carbons (Fsp3) is 0.833. The van der Waals surface area contributed by atoms with Crippen LogP contribution in [-0.4, -0.2) is 52.9 Å². The number of aliphatic hydroxyl groups is 2. The second kappa shape index (κ2) is 6.33. The Balaban J connectivity index is 1.77. The minimum atomic E-state index is -1.82. The van der Waals surface area contributed by atoms with Gasteiger partial charge < -0.3 is 24.4 Å². The number of ether oxygens (including phenoxy) is 3. The molecule has 2 saturated heterocycles. The van der Waals surface area contributed by atoms with Gasteiger partial charge >= 0.3 is 11.9 Å². The number of fused-ring (bicyclic) bond motifs is 2. The summed E-state index contributed by atoms with van der Waals surface area (Å²) in [6.07, 6.45) is 1.24. The highest BCUT2D eigenvalue weighted by atomic mass is 16.7. The minimum Gasteiger partial charge on any atom is -0.457 e. The van der Waals surface area contributed by atoms with Gasteiger partial charge in [0.25, 0.3) is 0 Å². The van der Waals surface area contributed by atoms with E-state index in [-0.39, 0.29) is 29.8 Å². The van der Waals surface area contributed by atoms with Crippen molar-refractivity contribution in [3.63, 3.8) is 0 Å². The van der Waals surface area contributed by atoms with E-state index in [0.717, 1.165) is 24.8 Å². The lowest BCUT2D eigenvalue weighted by molar-refractivity contribution is -0.465. The van der Waals surface area contributed by atoms with Gasteiger partial charge in [-0.25, -0.2) is 0 Å². The summed E-state index contributed by atoms with van der Waals surface area (Å²) >= 11 is 0. The molecule has 31 heavy (non-hydrogen) atoms. The molecule has 0 aromatic heterocycles. The summed E-state index contributed by atoms with van der Waals surface area (Å²) < 4.78 is 17.9. The molecule has 7 heteroatoms. The van der Waals surface area contributed by atoms with Gasteiger partial charge in [0.2, 0.25) is 5.79 Å². The predicted molar refractivity (Wildman–Crippen MR) is 109 cm³/mol. The number of carbonyl (C=O) groups is 2. The van der Waals surface area contributed by atoms with Crippen LogP contribution in [0.4, 0.5) is 0 Å². The van der Waals surface area contributed by atoms with Crippen molar-refractivity contribution in [3.05, 3.63) is 12.2 Å². The lowest BCUT2D eigenvalue weighted by Crippen LogP contribution is -2.84. The highest BCUT2D eigenvalue weighted by molar-refractivity contribution is 5.67. The molecule has 9 atom stereocenters. The zero-order valence-corrected chi connectivity index (χ0v) is 18.8. The first-order valence-corrected chi connectivity index (χ1v) is 11.5. The molecular formula is C24H34O7. The summed E-state index contributed by atoms with van der Waals surface area (Å²) in [6.45, 7) is 11.4. The molecule has 172 valence electrons. The molecule has 7 nitrogen and oxygen atoms in total. The molecule has 2 spiro atoms. The van der Waals surface area contributed by atoms with Gasteiger partial charge in [0, 0.05) is 25.2 Å². The fourth-order valence-electron chi connectivity index (χ4n) is 8.67. The monoisotopic (exact) mass is 434 g/mol. The van der Waals surface area contributed by atoms with Gasteiger partial charge in [-0.1, -0.05) is 20.4 Å². The van der Waals surface area contributed by atoms with E-state index in [1.807, 2.05) is 0 Å². The van der Waals surface area contributed by atoms with Crippen LogP contribution in [-0.2, 0) is 23.8 Å². The molecule has 1 unspecified atom stereocenters. The molecular weight excluding hydrogens is 400 g/mol. The molecule has 4 aliphatic carbocycles. The normalized spacial score (nSPS) is 51.6.